The van der Waals surface area contributed by atoms with E-state index >= 15 is 0 Å². The molecule has 0 aliphatic carbocycles. The minimum absolute atomic E-state index is 0.229. The molecule has 0 atom stereocenters. The lowest BCUT2D eigenvalue weighted by Gasteiger charge is -2.08. The third-order valence-electron chi connectivity index (χ3n) is 4.52. The highest BCUT2D eigenvalue weighted by Crippen LogP contribution is 2.27. The number of halogens is 2. The van der Waals surface area contributed by atoms with Crippen LogP contribution in [0.1, 0.15) is 21.6 Å². The quantitative estimate of drug-likeness (QED) is 0.323. The van der Waals surface area contributed by atoms with Crippen LogP contribution in [0.4, 0.5) is 5.69 Å². The van der Waals surface area contributed by atoms with Crippen molar-refractivity contribution in [2.24, 2.45) is 0 Å². The van der Waals surface area contributed by atoms with Gasteiger partial charge in [0.2, 0.25) is 0 Å². The topological polar surface area (TPSA) is 51.2 Å². The number of rotatable bonds is 6. The molecule has 1 heterocycles. The second-order valence-electron chi connectivity index (χ2n) is 6.91. The number of aromatic nitrogens is 1. The summed E-state index contributed by atoms with van der Waals surface area (Å²) in [5, 5.41) is 6.57. The average molecular weight is 469 g/mol. The second-order valence-corrected chi connectivity index (χ2v) is 8.61. The molecule has 1 N–H and O–H groups in total. The fraction of sp³-hybridized carbons (Fsp3) is 0.0833. The summed E-state index contributed by atoms with van der Waals surface area (Å²) in [6.45, 7) is 2.32. The SMILES string of the molecule is Cc1cccc(NC(=O)c2csc(-c3ccc(OCc4ccc(Cl)cc4Cl)cc3)n2)c1. The monoisotopic (exact) mass is 468 g/mol. The van der Waals surface area contributed by atoms with Crippen molar-refractivity contribution in [1.29, 1.82) is 0 Å². The number of carbonyl (C=O) groups is 1. The number of carbonyl (C=O) groups excluding carboxylic acids is 1. The lowest BCUT2D eigenvalue weighted by molar-refractivity contribution is 0.102. The van der Waals surface area contributed by atoms with Crippen LogP contribution in [-0.2, 0) is 6.61 Å². The standard InChI is InChI=1S/C24H18Cl2N2O2S/c1-15-3-2-4-19(11-15)27-23(29)22-14-31-24(28-22)16-6-9-20(10-7-16)30-13-17-5-8-18(25)12-21(17)26/h2-12,14H,13H2,1H3,(H,27,29). The van der Waals surface area contributed by atoms with Gasteiger partial charge < -0.3 is 10.1 Å². The predicted octanol–water partition coefficient (Wildman–Crippen LogP) is 7.26. The lowest BCUT2D eigenvalue weighted by atomic mass is 10.2. The molecule has 31 heavy (non-hydrogen) atoms. The fourth-order valence-corrected chi connectivity index (χ4v) is 4.19. The van der Waals surface area contributed by atoms with Gasteiger partial charge in [0.15, 0.2) is 0 Å². The fourth-order valence-electron chi connectivity index (χ4n) is 2.92. The second kappa shape index (κ2) is 9.52. The summed E-state index contributed by atoms with van der Waals surface area (Å²) in [5.74, 6) is 0.483. The Bertz CT molecular complexity index is 1220. The summed E-state index contributed by atoms with van der Waals surface area (Å²) in [4.78, 5) is 17.0. The summed E-state index contributed by atoms with van der Waals surface area (Å²) < 4.78 is 5.81. The summed E-state index contributed by atoms with van der Waals surface area (Å²) >= 11 is 13.5. The summed E-state index contributed by atoms with van der Waals surface area (Å²) in [6.07, 6.45) is 0. The molecule has 7 heteroatoms. The first-order valence-corrected chi connectivity index (χ1v) is 11.1. The first-order chi connectivity index (χ1) is 15.0. The van der Waals surface area contributed by atoms with Crippen molar-refractivity contribution in [3.05, 3.63) is 99.0 Å². The van der Waals surface area contributed by atoms with Crippen LogP contribution < -0.4 is 10.1 Å². The highest BCUT2D eigenvalue weighted by atomic mass is 35.5. The van der Waals surface area contributed by atoms with Crippen LogP contribution in [0, 0.1) is 6.92 Å². The van der Waals surface area contributed by atoms with E-state index < -0.39 is 0 Å². The van der Waals surface area contributed by atoms with E-state index in [9.17, 15) is 4.79 Å². The molecule has 4 nitrogen and oxygen atoms in total. The number of hydrogen-bond donors (Lipinski definition) is 1. The number of nitrogens with one attached hydrogen (secondary N) is 1. The van der Waals surface area contributed by atoms with E-state index in [0.29, 0.717) is 28.1 Å². The van der Waals surface area contributed by atoms with Gasteiger partial charge in [-0.15, -0.1) is 11.3 Å². The molecule has 0 bridgehead atoms. The van der Waals surface area contributed by atoms with Gasteiger partial charge in [0.25, 0.3) is 5.91 Å². The first-order valence-electron chi connectivity index (χ1n) is 9.48. The zero-order chi connectivity index (χ0) is 21.8. The van der Waals surface area contributed by atoms with Crippen molar-refractivity contribution < 1.29 is 9.53 Å². The molecule has 156 valence electrons. The number of thiazole rings is 1. The molecule has 0 saturated heterocycles. The maximum absolute atomic E-state index is 12.5. The largest absolute Gasteiger partial charge is 0.489 e. The van der Waals surface area contributed by atoms with Gasteiger partial charge in [0, 0.05) is 32.2 Å². The number of anilines is 1. The normalized spacial score (nSPS) is 10.7. The molecular formula is C24H18Cl2N2O2S. The summed E-state index contributed by atoms with van der Waals surface area (Å²) in [5.41, 5.74) is 3.99. The van der Waals surface area contributed by atoms with E-state index in [0.717, 1.165) is 27.4 Å². The average Bonchev–Trinajstić information content (AvgIpc) is 3.24. The molecule has 0 fully saturated rings. The first kappa shape index (κ1) is 21.4. The molecule has 4 aromatic rings. The number of hydrogen-bond acceptors (Lipinski definition) is 4. The summed E-state index contributed by atoms with van der Waals surface area (Å²) in [6, 6.07) is 20.5. The molecule has 0 radical (unpaired) electrons. The van der Waals surface area contributed by atoms with Crippen molar-refractivity contribution in [3.63, 3.8) is 0 Å². The van der Waals surface area contributed by atoms with Crippen molar-refractivity contribution in [1.82, 2.24) is 4.98 Å². The van der Waals surface area contributed by atoms with Gasteiger partial charge in [-0.05, 0) is 61.0 Å². The number of ether oxygens (including phenoxy) is 1. The van der Waals surface area contributed by atoms with Crippen LogP contribution in [0.5, 0.6) is 5.75 Å². The van der Waals surface area contributed by atoms with Gasteiger partial charge in [-0.1, -0.05) is 41.4 Å². The Kier molecular flexibility index (Phi) is 6.56. The Morgan fingerprint density at radius 1 is 1.06 bits per heavy atom. The van der Waals surface area contributed by atoms with Gasteiger partial charge in [0.05, 0.1) is 0 Å². The zero-order valence-corrected chi connectivity index (χ0v) is 18.9. The van der Waals surface area contributed by atoms with Crippen molar-refractivity contribution in [2.45, 2.75) is 13.5 Å². The third kappa shape index (κ3) is 5.44. The van der Waals surface area contributed by atoms with E-state index in [1.165, 1.54) is 11.3 Å². The number of nitrogens with zero attached hydrogens (tertiary/aromatic N) is 1. The van der Waals surface area contributed by atoms with E-state index in [4.69, 9.17) is 27.9 Å². The van der Waals surface area contributed by atoms with Gasteiger partial charge in [0.1, 0.15) is 23.1 Å². The maximum atomic E-state index is 12.5. The molecule has 0 aliphatic heterocycles. The van der Waals surface area contributed by atoms with Gasteiger partial charge in [-0.2, -0.15) is 0 Å². The zero-order valence-electron chi connectivity index (χ0n) is 16.6. The Balaban J connectivity index is 1.40. The molecule has 3 aromatic carbocycles. The van der Waals surface area contributed by atoms with Crippen LogP contribution in [0.25, 0.3) is 10.6 Å². The van der Waals surface area contributed by atoms with Crippen LogP contribution in [0.2, 0.25) is 10.0 Å². The third-order valence-corrected chi connectivity index (χ3v) is 6.00. The maximum Gasteiger partial charge on any atom is 0.275 e. The molecule has 0 saturated carbocycles. The highest BCUT2D eigenvalue weighted by molar-refractivity contribution is 7.13. The Morgan fingerprint density at radius 2 is 1.87 bits per heavy atom. The molecule has 4 rings (SSSR count). The van der Waals surface area contributed by atoms with Gasteiger partial charge in [-0.3, -0.25) is 4.79 Å². The Hall–Kier alpha value is -2.86. The molecule has 0 spiro atoms. The minimum Gasteiger partial charge on any atom is -0.489 e. The Labute approximate surface area is 194 Å². The van der Waals surface area contributed by atoms with E-state index in [-0.39, 0.29) is 5.91 Å². The molecule has 1 amide bonds. The molecule has 0 aliphatic rings. The van der Waals surface area contributed by atoms with Crippen molar-refractivity contribution in [2.75, 3.05) is 5.32 Å². The smallest absolute Gasteiger partial charge is 0.275 e. The van der Waals surface area contributed by atoms with Crippen LogP contribution >= 0.6 is 34.5 Å². The van der Waals surface area contributed by atoms with Crippen molar-refractivity contribution >= 4 is 46.1 Å². The van der Waals surface area contributed by atoms with Crippen LogP contribution in [-0.4, -0.2) is 10.9 Å². The summed E-state index contributed by atoms with van der Waals surface area (Å²) in [7, 11) is 0. The molecule has 1 aromatic heterocycles. The number of aryl methyl sites for hydroxylation is 1. The molecule has 0 unspecified atom stereocenters. The number of benzene rings is 3. The van der Waals surface area contributed by atoms with E-state index in [2.05, 4.69) is 10.3 Å². The highest BCUT2D eigenvalue weighted by Gasteiger charge is 2.12. The van der Waals surface area contributed by atoms with E-state index in [1.54, 1.807) is 17.5 Å². The van der Waals surface area contributed by atoms with Gasteiger partial charge >= 0.3 is 0 Å². The molecular weight excluding hydrogens is 451 g/mol. The number of amides is 1. The predicted molar refractivity (Wildman–Crippen MR) is 127 cm³/mol. The van der Waals surface area contributed by atoms with E-state index in [1.807, 2.05) is 61.5 Å². The van der Waals surface area contributed by atoms with Gasteiger partial charge in [-0.25, -0.2) is 4.98 Å². The van der Waals surface area contributed by atoms with Crippen LogP contribution in [0.3, 0.4) is 0 Å². The van der Waals surface area contributed by atoms with Crippen molar-refractivity contribution in [3.8, 4) is 16.3 Å². The Morgan fingerprint density at radius 3 is 2.61 bits per heavy atom. The lowest BCUT2D eigenvalue weighted by Crippen LogP contribution is -2.12. The van der Waals surface area contributed by atoms with Crippen LogP contribution in [0.15, 0.2) is 72.1 Å². The minimum atomic E-state index is -0.229.